The number of Topliss-reactive ketones (excluding diaryl/α,β-unsaturated/α-hetero) is 1. The van der Waals surface area contributed by atoms with E-state index < -0.39 is 23.6 Å². The highest BCUT2D eigenvalue weighted by molar-refractivity contribution is 6.33. The van der Waals surface area contributed by atoms with E-state index in [1.807, 2.05) is 0 Å². The van der Waals surface area contributed by atoms with Crippen molar-refractivity contribution in [3.05, 3.63) is 0 Å². The second-order valence-electron chi connectivity index (χ2n) is 2.79. The fourth-order valence-electron chi connectivity index (χ4n) is 0.966. The highest BCUT2D eigenvalue weighted by atomic mass is 16.5. The Balaban J connectivity index is 4.21. The summed E-state index contributed by atoms with van der Waals surface area (Å²) in [4.78, 5) is 32.2. The van der Waals surface area contributed by atoms with Crippen LogP contribution in [0.2, 0.25) is 0 Å². The lowest BCUT2D eigenvalue weighted by molar-refractivity contribution is -0.153. The smallest absolute Gasteiger partial charge is 0.372 e. The van der Waals surface area contributed by atoms with E-state index in [1.165, 1.54) is 0 Å². The van der Waals surface area contributed by atoms with Crippen molar-refractivity contribution in [1.29, 1.82) is 0 Å². The second-order valence-corrected chi connectivity index (χ2v) is 2.79. The number of carbonyl (C=O) groups excluding carboxylic acids is 2. The van der Waals surface area contributed by atoms with E-state index in [9.17, 15) is 14.4 Å². The first-order chi connectivity index (χ1) is 6.52. The van der Waals surface area contributed by atoms with Crippen LogP contribution in [0.5, 0.6) is 0 Å². The first-order valence-corrected chi connectivity index (χ1v) is 4.45. The van der Waals surface area contributed by atoms with Crippen LogP contribution in [0.1, 0.15) is 26.7 Å². The average molecular weight is 202 g/mol. The van der Waals surface area contributed by atoms with Crippen LogP contribution in [0.15, 0.2) is 0 Å². The monoisotopic (exact) mass is 202 g/mol. The Morgan fingerprint density at radius 3 is 2.21 bits per heavy atom. The molecule has 0 amide bonds. The topological polar surface area (TPSA) is 80.7 Å². The SMILES string of the molecule is CCOC(=O)C(CC)CC(=O)C(=O)O. The van der Waals surface area contributed by atoms with Gasteiger partial charge in [-0.1, -0.05) is 6.92 Å². The van der Waals surface area contributed by atoms with E-state index in [0.717, 1.165) is 0 Å². The average Bonchev–Trinajstić information content (AvgIpc) is 2.13. The molecule has 0 aliphatic heterocycles. The summed E-state index contributed by atoms with van der Waals surface area (Å²) in [6.45, 7) is 3.59. The molecule has 0 aromatic rings. The zero-order valence-electron chi connectivity index (χ0n) is 8.28. The Labute approximate surface area is 82.1 Å². The molecule has 0 saturated heterocycles. The number of esters is 1. The Hall–Kier alpha value is -1.39. The number of hydrogen-bond donors (Lipinski definition) is 1. The maximum atomic E-state index is 11.2. The van der Waals surface area contributed by atoms with Crippen molar-refractivity contribution in [3.63, 3.8) is 0 Å². The van der Waals surface area contributed by atoms with E-state index >= 15 is 0 Å². The lowest BCUT2D eigenvalue weighted by atomic mass is 10.00. The Bertz CT molecular complexity index is 233. The van der Waals surface area contributed by atoms with E-state index in [0.29, 0.717) is 6.42 Å². The van der Waals surface area contributed by atoms with Crippen molar-refractivity contribution in [1.82, 2.24) is 0 Å². The maximum absolute atomic E-state index is 11.2. The number of carbonyl (C=O) groups is 3. The zero-order valence-corrected chi connectivity index (χ0v) is 8.28. The van der Waals surface area contributed by atoms with Crippen molar-refractivity contribution in [2.45, 2.75) is 26.7 Å². The van der Waals surface area contributed by atoms with Gasteiger partial charge in [0.25, 0.3) is 0 Å². The van der Waals surface area contributed by atoms with Crippen LogP contribution >= 0.6 is 0 Å². The molecule has 80 valence electrons. The Morgan fingerprint density at radius 2 is 1.86 bits per heavy atom. The maximum Gasteiger partial charge on any atom is 0.372 e. The molecule has 0 spiro atoms. The normalized spacial score (nSPS) is 11.9. The molecular formula is C9H14O5. The number of ketones is 1. The third kappa shape index (κ3) is 4.02. The molecule has 1 N–H and O–H groups in total. The molecule has 1 atom stereocenters. The summed E-state index contributed by atoms with van der Waals surface area (Å²) in [7, 11) is 0. The molecule has 0 bridgehead atoms. The molecule has 0 fully saturated rings. The number of aliphatic carboxylic acids is 1. The van der Waals surface area contributed by atoms with Crippen molar-refractivity contribution < 1.29 is 24.2 Å². The molecule has 0 rings (SSSR count). The van der Waals surface area contributed by atoms with Gasteiger partial charge in [0.15, 0.2) is 0 Å². The number of hydrogen-bond acceptors (Lipinski definition) is 4. The fourth-order valence-corrected chi connectivity index (χ4v) is 0.966. The largest absolute Gasteiger partial charge is 0.476 e. The summed E-state index contributed by atoms with van der Waals surface area (Å²) in [6.07, 6.45) is 0.114. The van der Waals surface area contributed by atoms with E-state index in [-0.39, 0.29) is 13.0 Å². The molecule has 0 aliphatic carbocycles. The van der Waals surface area contributed by atoms with Gasteiger partial charge in [-0.05, 0) is 13.3 Å². The van der Waals surface area contributed by atoms with E-state index in [1.54, 1.807) is 13.8 Å². The molecule has 5 nitrogen and oxygen atoms in total. The molecule has 0 saturated carbocycles. The Morgan fingerprint density at radius 1 is 1.29 bits per heavy atom. The molecule has 0 radical (unpaired) electrons. The van der Waals surface area contributed by atoms with Crippen molar-refractivity contribution in [2.24, 2.45) is 5.92 Å². The summed E-state index contributed by atoms with van der Waals surface area (Å²) in [5, 5.41) is 8.34. The van der Waals surface area contributed by atoms with Gasteiger partial charge in [-0.3, -0.25) is 9.59 Å². The van der Waals surface area contributed by atoms with Crippen LogP contribution in [0.4, 0.5) is 0 Å². The van der Waals surface area contributed by atoms with Gasteiger partial charge >= 0.3 is 11.9 Å². The number of carboxylic acid groups (broad SMARTS) is 1. The van der Waals surface area contributed by atoms with Gasteiger partial charge in [0.05, 0.1) is 12.5 Å². The van der Waals surface area contributed by atoms with Crippen molar-refractivity contribution in [3.8, 4) is 0 Å². The van der Waals surface area contributed by atoms with Crippen molar-refractivity contribution >= 4 is 17.7 Å². The first kappa shape index (κ1) is 12.6. The molecule has 0 aromatic carbocycles. The zero-order chi connectivity index (χ0) is 11.1. The van der Waals surface area contributed by atoms with Crippen molar-refractivity contribution in [2.75, 3.05) is 6.61 Å². The molecular weight excluding hydrogens is 188 g/mol. The minimum atomic E-state index is -1.51. The molecule has 1 unspecified atom stereocenters. The fraction of sp³-hybridized carbons (Fsp3) is 0.667. The van der Waals surface area contributed by atoms with Gasteiger partial charge < -0.3 is 9.84 Å². The molecule has 0 aliphatic rings. The van der Waals surface area contributed by atoms with E-state index in [4.69, 9.17) is 9.84 Å². The van der Waals surface area contributed by atoms with Gasteiger partial charge in [-0.25, -0.2) is 4.79 Å². The summed E-state index contributed by atoms with van der Waals surface area (Å²) < 4.78 is 4.69. The molecule has 5 heteroatoms. The van der Waals surface area contributed by atoms with Crippen LogP contribution in [0.3, 0.4) is 0 Å². The van der Waals surface area contributed by atoms with Gasteiger partial charge in [0, 0.05) is 6.42 Å². The molecule has 0 heterocycles. The summed E-state index contributed by atoms with van der Waals surface area (Å²) >= 11 is 0. The summed E-state index contributed by atoms with van der Waals surface area (Å²) in [5.74, 6) is -3.61. The third-order valence-corrected chi connectivity index (χ3v) is 1.78. The summed E-state index contributed by atoms with van der Waals surface area (Å²) in [5.41, 5.74) is 0. The van der Waals surface area contributed by atoms with Crippen LogP contribution in [0.25, 0.3) is 0 Å². The number of rotatable bonds is 6. The lowest BCUT2D eigenvalue weighted by Crippen LogP contribution is -2.24. The Kier molecular flexibility index (Phi) is 5.52. The van der Waals surface area contributed by atoms with Crippen LogP contribution in [-0.2, 0) is 19.1 Å². The first-order valence-electron chi connectivity index (χ1n) is 4.45. The minimum Gasteiger partial charge on any atom is -0.476 e. The van der Waals surface area contributed by atoms with Gasteiger partial charge in [0.1, 0.15) is 0 Å². The van der Waals surface area contributed by atoms with Gasteiger partial charge in [-0.15, -0.1) is 0 Å². The van der Waals surface area contributed by atoms with Gasteiger partial charge in [-0.2, -0.15) is 0 Å². The standard InChI is InChI=1S/C9H14O5/c1-3-6(9(13)14-4-2)5-7(10)8(11)12/h6H,3-5H2,1-2H3,(H,11,12). The number of carboxylic acids is 1. The third-order valence-electron chi connectivity index (χ3n) is 1.78. The molecule has 14 heavy (non-hydrogen) atoms. The highest BCUT2D eigenvalue weighted by Crippen LogP contribution is 2.11. The minimum absolute atomic E-state index is 0.233. The van der Waals surface area contributed by atoms with Crippen LogP contribution in [-0.4, -0.2) is 29.4 Å². The van der Waals surface area contributed by atoms with Crippen LogP contribution in [0, 0.1) is 5.92 Å². The lowest BCUT2D eigenvalue weighted by Gasteiger charge is -2.10. The second kappa shape index (κ2) is 6.12. The van der Waals surface area contributed by atoms with Gasteiger partial charge in [0.2, 0.25) is 5.78 Å². The quantitative estimate of drug-likeness (QED) is 0.504. The highest BCUT2D eigenvalue weighted by Gasteiger charge is 2.24. The van der Waals surface area contributed by atoms with Crippen LogP contribution < -0.4 is 0 Å². The van der Waals surface area contributed by atoms with E-state index in [2.05, 4.69) is 0 Å². The number of ether oxygens (including phenoxy) is 1. The summed E-state index contributed by atoms with van der Waals surface area (Å²) in [6, 6.07) is 0. The predicted molar refractivity (Wildman–Crippen MR) is 47.7 cm³/mol. The molecule has 0 aromatic heterocycles. The predicted octanol–water partition coefficient (Wildman–Crippen LogP) is 0.620.